The average Bonchev–Trinajstić information content (AvgIpc) is 2.49. The third kappa shape index (κ3) is 5.22. The Balaban J connectivity index is 1.66. The number of pyridine rings is 1. The summed E-state index contributed by atoms with van der Waals surface area (Å²) in [5.41, 5.74) is 1.35. The van der Waals surface area contributed by atoms with E-state index >= 15 is 0 Å². The number of hydrogen-bond acceptors (Lipinski definition) is 3. The van der Waals surface area contributed by atoms with Gasteiger partial charge in [0.25, 0.3) is 0 Å². The lowest BCUT2D eigenvalue weighted by Gasteiger charge is -2.28. The number of hydrogen-bond donors (Lipinski definition) is 1. The molecule has 0 spiro atoms. The first-order chi connectivity index (χ1) is 9.78. The molecule has 0 amide bonds. The fourth-order valence-corrected chi connectivity index (χ4v) is 2.99. The summed E-state index contributed by atoms with van der Waals surface area (Å²) in [6.07, 6.45) is 9.27. The molecule has 1 aliphatic rings. The lowest BCUT2D eigenvalue weighted by atomic mass is 9.87. The monoisotopic (exact) mass is 275 g/mol. The Kier molecular flexibility index (Phi) is 6.48. The molecule has 0 bridgehead atoms. The lowest BCUT2D eigenvalue weighted by molar-refractivity contribution is 0.256. The summed E-state index contributed by atoms with van der Waals surface area (Å²) in [7, 11) is 0. The molecule has 1 aliphatic carbocycles. The summed E-state index contributed by atoms with van der Waals surface area (Å²) in [5.74, 6) is 0.937. The highest BCUT2D eigenvalue weighted by molar-refractivity contribution is 5.09. The molecule has 0 saturated heterocycles. The molecule has 1 fully saturated rings. The van der Waals surface area contributed by atoms with Gasteiger partial charge in [0.1, 0.15) is 0 Å². The van der Waals surface area contributed by atoms with Gasteiger partial charge in [-0.3, -0.25) is 9.88 Å². The molecule has 3 nitrogen and oxygen atoms in total. The van der Waals surface area contributed by atoms with Crippen molar-refractivity contribution < 1.29 is 0 Å². The van der Waals surface area contributed by atoms with Gasteiger partial charge in [0.2, 0.25) is 0 Å². The van der Waals surface area contributed by atoms with Gasteiger partial charge in [-0.05, 0) is 55.8 Å². The van der Waals surface area contributed by atoms with Gasteiger partial charge >= 0.3 is 0 Å². The number of aromatic nitrogens is 1. The molecular formula is C17H29N3. The number of nitrogens with zero attached hydrogens (tertiary/aromatic N) is 2. The zero-order valence-corrected chi connectivity index (χ0v) is 13.0. The first-order valence-electron chi connectivity index (χ1n) is 8.12. The van der Waals surface area contributed by atoms with Crippen molar-refractivity contribution in [2.45, 2.75) is 52.1 Å². The molecule has 20 heavy (non-hydrogen) atoms. The summed E-state index contributed by atoms with van der Waals surface area (Å²) in [5, 5.41) is 3.74. The molecule has 3 heteroatoms. The van der Waals surface area contributed by atoms with E-state index in [0.29, 0.717) is 0 Å². The van der Waals surface area contributed by atoms with Crippen LogP contribution in [0.1, 0.15) is 45.1 Å². The minimum Gasteiger partial charge on any atom is -0.313 e. The molecule has 1 aromatic rings. The fraction of sp³-hybridized carbons (Fsp3) is 0.706. The Hall–Kier alpha value is -0.930. The molecule has 1 aromatic heterocycles. The van der Waals surface area contributed by atoms with E-state index in [2.05, 4.69) is 41.2 Å². The second-order valence-electron chi connectivity index (χ2n) is 6.14. The molecule has 0 aliphatic heterocycles. The van der Waals surface area contributed by atoms with Crippen LogP contribution in [0.5, 0.6) is 0 Å². The maximum atomic E-state index is 4.08. The molecule has 1 saturated carbocycles. The van der Waals surface area contributed by atoms with Crippen LogP contribution in [-0.4, -0.2) is 35.6 Å². The van der Waals surface area contributed by atoms with E-state index in [0.717, 1.165) is 38.1 Å². The molecule has 0 unspecified atom stereocenters. The highest BCUT2D eigenvalue weighted by atomic mass is 15.1. The Morgan fingerprint density at radius 2 is 1.90 bits per heavy atom. The zero-order valence-electron chi connectivity index (χ0n) is 13.0. The predicted molar refractivity (Wildman–Crippen MR) is 84.6 cm³/mol. The van der Waals surface area contributed by atoms with Crippen molar-refractivity contribution in [1.82, 2.24) is 15.2 Å². The summed E-state index contributed by atoms with van der Waals surface area (Å²) in [6.45, 7) is 8.99. The molecular weight excluding hydrogens is 246 g/mol. The van der Waals surface area contributed by atoms with Crippen LogP contribution < -0.4 is 5.32 Å². The fourth-order valence-electron chi connectivity index (χ4n) is 2.99. The van der Waals surface area contributed by atoms with Crippen molar-refractivity contribution in [1.29, 1.82) is 0 Å². The van der Waals surface area contributed by atoms with Gasteiger partial charge in [0, 0.05) is 38.1 Å². The van der Waals surface area contributed by atoms with Crippen LogP contribution in [0.15, 0.2) is 24.5 Å². The second kappa shape index (κ2) is 8.38. The Bertz CT molecular complexity index is 358. The summed E-state index contributed by atoms with van der Waals surface area (Å²) in [6, 6.07) is 4.97. The SMILES string of the molecule is CCN(CCNC1CCC(C)CC1)Cc1ccncc1. The summed E-state index contributed by atoms with van der Waals surface area (Å²) >= 11 is 0. The first kappa shape index (κ1) is 15.5. The van der Waals surface area contributed by atoms with Gasteiger partial charge < -0.3 is 5.32 Å². The number of nitrogens with one attached hydrogen (secondary N) is 1. The first-order valence-corrected chi connectivity index (χ1v) is 8.12. The van der Waals surface area contributed by atoms with E-state index < -0.39 is 0 Å². The second-order valence-corrected chi connectivity index (χ2v) is 6.14. The highest BCUT2D eigenvalue weighted by Gasteiger charge is 2.17. The standard InChI is InChI=1S/C17H29N3/c1-3-20(14-16-8-10-18-11-9-16)13-12-19-17-6-4-15(2)5-7-17/h8-11,15,17,19H,3-7,12-14H2,1-2H3. The topological polar surface area (TPSA) is 28.2 Å². The van der Waals surface area contributed by atoms with E-state index in [4.69, 9.17) is 0 Å². The van der Waals surface area contributed by atoms with Crippen molar-refractivity contribution in [3.05, 3.63) is 30.1 Å². The van der Waals surface area contributed by atoms with Crippen LogP contribution in [0.3, 0.4) is 0 Å². The number of likely N-dealkylation sites (N-methyl/N-ethyl adjacent to an activating group) is 1. The molecule has 1 heterocycles. The van der Waals surface area contributed by atoms with Crippen molar-refractivity contribution >= 4 is 0 Å². The number of rotatable bonds is 7. The van der Waals surface area contributed by atoms with Crippen molar-refractivity contribution in [2.75, 3.05) is 19.6 Å². The Labute approximate surface area is 123 Å². The van der Waals surface area contributed by atoms with Gasteiger partial charge in [0.05, 0.1) is 0 Å². The Morgan fingerprint density at radius 1 is 1.20 bits per heavy atom. The zero-order chi connectivity index (χ0) is 14.2. The molecule has 0 aromatic carbocycles. The molecule has 0 atom stereocenters. The van der Waals surface area contributed by atoms with Crippen LogP contribution >= 0.6 is 0 Å². The van der Waals surface area contributed by atoms with E-state index in [9.17, 15) is 0 Å². The van der Waals surface area contributed by atoms with Gasteiger partial charge in [-0.2, -0.15) is 0 Å². The normalized spacial score (nSPS) is 23.1. The Morgan fingerprint density at radius 3 is 2.55 bits per heavy atom. The molecule has 0 radical (unpaired) electrons. The molecule has 1 N–H and O–H groups in total. The molecule has 2 rings (SSSR count). The van der Waals surface area contributed by atoms with Crippen LogP contribution in [-0.2, 0) is 6.54 Å². The van der Waals surface area contributed by atoms with Gasteiger partial charge in [-0.1, -0.05) is 13.8 Å². The largest absolute Gasteiger partial charge is 0.313 e. The highest BCUT2D eigenvalue weighted by Crippen LogP contribution is 2.23. The van der Waals surface area contributed by atoms with Crippen LogP contribution in [0.25, 0.3) is 0 Å². The third-order valence-corrected chi connectivity index (χ3v) is 4.48. The minimum atomic E-state index is 0.755. The lowest BCUT2D eigenvalue weighted by Crippen LogP contribution is -2.38. The maximum Gasteiger partial charge on any atom is 0.0271 e. The quantitative estimate of drug-likeness (QED) is 0.829. The van der Waals surface area contributed by atoms with Gasteiger partial charge in [-0.25, -0.2) is 0 Å². The van der Waals surface area contributed by atoms with Crippen molar-refractivity contribution in [2.24, 2.45) is 5.92 Å². The van der Waals surface area contributed by atoms with Crippen LogP contribution in [0, 0.1) is 5.92 Å². The van der Waals surface area contributed by atoms with Gasteiger partial charge in [-0.15, -0.1) is 0 Å². The van der Waals surface area contributed by atoms with E-state index in [1.54, 1.807) is 0 Å². The van der Waals surface area contributed by atoms with Gasteiger partial charge in [0.15, 0.2) is 0 Å². The maximum absolute atomic E-state index is 4.08. The van der Waals surface area contributed by atoms with E-state index in [1.807, 2.05) is 12.4 Å². The van der Waals surface area contributed by atoms with Crippen molar-refractivity contribution in [3.63, 3.8) is 0 Å². The average molecular weight is 275 g/mol. The molecule has 112 valence electrons. The van der Waals surface area contributed by atoms with E-state index in [1.165, 1.54) is 31.2 Å². The predicted octanol–water partition coefficient (Wildman–Crippen LogP) is 3.07. The van der Waals surface area contributed by atoms with E-state index in [-0.39, 0.29) is 0 Å². The van der Waals surface area contributed by atoms with Crippen LogP contribution in [0.2, 0.25) is 0 Å². The minimum absolute atomic E-state index is 0.755. The smallest absolute Gasteiger partial charge is 0.0271 e. The summed E-state index contributed by atoms with van der Waals surface area (Å²) < 4.78 is 0. The van der Waals surface area contributed by atoms with Crippen LogP contribution in [0.4, 0.5) is 0 Å². The summed E-state index contributed by atoms with van der Waals surface area (Å²) in [4.78, 5) is 6.57. The van der Waals surface area contributed by atoms with Crippen molar-refractivity contribution in [3.8, 4) is 0 Å². The third-order valence-electron chi connectivity index (χ3n) is 4.48.